The van der Waals surface area contributed by atoms with Crippen molar-refractivity contribution in [2.75, 3.05) is 19.6 Å². The van der Waals surface area contributed by atoms with Gasteiger partial charge in [0, 0.05) is 36.6 Å². The average Bonchev–Trinajstić information content (AvgIpc) is 3.27. The monoisotopic (exact) mass is 376 g/mol. The van der Waals surface area contributed by atoms with E-state index in [-0.39, 0.29) is 18.2 Å². The Kier molecular flexibility index (Phi) is 6.40. The normalized spacial score (nSPS) is 17.9. The Morgan fingerprint density at radius 3 is 3.15 bits per heavy atom. The predicted octanol–water partition coefficient (Wildman–Crippen LogP) is 1.48. The highest BCUT2D eigenvalue weighted by atomic mass is 32.1. The number of furan rings is 1. The van der Waals surface area contributed by atoms with Crippen molar-refractivity contribution in [3.05, 3.63) is 40.2 Å². The van der Waals surface area contributed by atoms with E-state index in [0.29, 0.717) is 19.6 Å². The van der Waals surface area contributed by atoms with Crippen molar-refractivity contribution < 1.29 is 14.0 Å². The molecule has 3 heterocycles. The Bertz CT molecular complexity index is 729. The number of nitrogens with one attached hydrogen (secondary N) is 2. The van der Waals surface area contributed by atoms with E-state index >= 15 is 0 Å². The smallest absolute Gasteiger partial charge is 0.237 e. The van der Waals surface area contributed by atoms with Gasteiger partial charge in [-0.3, -0.25) is 14.5 Å². The summed E-state index contributed by atoms with van der Waals surface area (Å²) in [5.74, 6) is -0.180. The molecule has 0 spiro atoms. The first-order valence-corrected chi connectivity index (χ1v) is 9.70. The van der Waals surface area contributed by atoms with Crippen LogP contribution in [0.2, 0.25) is 0 Å². The Morgan fingerprint density at radius 1 is 1.54 bits per heavy atom. The molecule has 3 rings (SSSR count). The third-order valence-electron chi connectivity index (χ3n) is 4.53. The number of carbonyl (C=O) groups is 2. The van der Waals surface area contributed by atoms with E-state index in [2.05, 4.69) is 15.6 Å². The van der Waals surface area contributed by atoms with Gasteiger partial charge in [-0.2, -0.15) is 0 Å². The van der Waals surface area contributed by atoms with Crippen molar-refractivity contribution in [1.29, 1.82) is 0 Å². The molecule has 8 heteroatoms. The number of aromatic nitrogens is 1. The van der Waals surface area contributed by atoms with Crippen LogP contribution in [0.1, 0.15) is 29.0 Å². The van der Waals surface area contributed by atoms with Crippen molar-refractivity contribution >= 4 is 23.2 Å². The van der Waals surface area contributed by atoms with Crippen LogP contribution in [-0.2, 0) is 22.6 Å². The number of nitrogens with zero attached hydrogens (tertiary/aromatic N) is 2. The fourth-order valence-electron chi connectivity index (χ4n) is 3.08. The van der Waals surface area contributed by atoms with E-state index in [0.717, 1.165) is 30.6 Å². The molecule has 2 amide bonds. The van der Waals surface area contributed by atoms with Gasteiger partial charge in [0.2, 0.25) is 11.8 Å². The molecule has 0 bridgehead atoms. The van der Waals surface area contributed by atoms with Gasteiger partial charge in [-0.25, -0.2) is 4.98 Å². The Balaban J connectivity index is 1.46. The van der Waals surface area contributed by atoms with E-state index in [1.165, 1.54) is 4.88 Å². The molecule has 2 aromatic heterocycles. The summed E-state index contributed by atoms with van der Waals surface area (Å²) >= 11 is 1.65. The van der Waals surface area contributed by atoms with Crippen LogP contribution in [-0.4, -0.2) is 47.4 Å². The van der Waals surface area contributed by atoms with Crippen molar-refractivity contribution in [2.24, 2.45) is 0 Å². The molecule has 0 radical (unpaired) electrons. The first kappa shape index (κ1) is 18.6. The topological polar surface area (TPSA) is 87.5 Å². The summed E-state index contributed by atoms with van der Waals surface area (Å²) in [4.78, 5) is 32.0. The number of rotatable bonds is 8. The van der Waals surface area contributed by atoms with Crippen LogP contribution in [0.4, 0.5) is 0 Å². The van der Waals surface area contributed by atoms with E-state index in [4.69, 9.17) is 4.42 Å². The molecule has 7 nitrogen and oxygen atoms in total. The number of hydrogen-bond donors (Lipinski definition) is 2. The molecule has 2 aromatic rings. The molecule has 26 heavy (non-hydrogen) atoms. The van der Waals surface area contributed by atoms with Crippen LogP contribution in [0.3, 0.4) is 0 Å². The molecular weight excluding hydrogens is 352 g/mol. The number of aryl methyl sites for hydroxylation is 2. The molecule has 1 atom stereocenters. The zero-order chi connectivity index (χ0) is 18.4. The largest absolute Gasteiger partial charge is 0.472 e. The van der Waals surface area contributed by atoms with Gasteiger partial charge in [0.05, 0.1) is 36.2 Å². The third kappa shape index (κ3) is 4.92. The summed E-state index contributed by atoms with van der Waals surface area (Å²) in [6, 6.07) is 1.44. The van der Waals surface area contributed by atoms with Gasteiger partial charge < -0.3 is 15.1 Å². The van der Waals surface area contributed by atoms with Crippen molar-refractivity contribution in [3.63, 3.8) is 0 Å². The summed E-state index contributed by atoms with van der Waals surface area (Å²) in [6.07, 6.45) is 5.23. The average molecular weight is 376 g/mol. The Hall–Kier alpha value is -2.19. The minimum atomic E-state index is -0.442. The van der Waals surface area contributed by atoms with Gasteiger partial charge in [0.25, 0.3) is 0 Å². The van der Waals surface area contributed by atoms with E-state index in [1.54, 1.807) is 23.9 Å². The van der Waals surface area contributed by atoms with Gasteiger partial charge in [0.15, 0.2) is 0 Å². The van der Waals surface area contributed by atoms with Crippen LogP contribution in [0.5, 0.6) is 0 Å². The molecule has 0 aliphatic carbocycles. The lowest BCUT2D eigenvalue weighted by Gasteiger charge is -2.34. The standard InChI is InChI=1S/C18H24N4O3S/c1-13-16(26-12-21-13)3-2-5-19-17(23)9-15-18(24)20-6-7-22(15)10-14-4-8-25-11-14/h4,8,11-12,15H,2-3,5-7,9-10H2,1H3,(H,19,23)(H,20,24). The molecule has 0 aromatic carbocycles. The third-order valence-corrected chi connectivity index (χ3v) is 5.53. The van der Waals surface area contributed by atoms with Gasteiger partial charge in [-0.15, -0.1) is 11.3 Å². The van der Waals surface area contributed by atoms with Crippen molar-refractivity contribution in [1.82, 2.24) is 20.5 Å². The van der Waals surface area contributed by atoms with Gasteiger partial charge >= 0.3 is 0 Å². The lowest BCUT2D eigenvalue weighted by molar-refractivity contribution is -0.134. The first-order valence-electron chi connectivity index (χ1n) is 8.82. The quantitative estimate of drug-likeness (QED) is 0.682. The molecule has 1 fully saturated rings. The molecule has 1 unspecified atom stereocenters. The predicted molar refractivity (Wildman–Crippen MR) is 98.7 cm³/mol. The van der Waals surface area contributed by atoms with Crippen LogP contribution < -0.4 is 10.6 Å². The van der Waals surface area contributed by atoms with Crippen molar-refractivity contribution in [3.8, 4) is 0 Å². The van der Waals surface area contributed by atoms with Crippen molar-refractivity contribution in [2.45, 2.75) is 38.8 Å². The SMILES string of the molecule is Cc1ncsc1CCCNC(=O)CC1C(=O)NCCN1Cc1ccoc1. The highest BCUT2D eigenvalue weighted by Gasteiger charge is 2.31. The second-order valence-corrected chi connectivity index (χ2v) is 7.37. The lowest BCUT2D eigenvalue weighted by atomic mass is 10.1. The minimum Gasteiger partial charge on any atom is -0.472 e. The van der Waals surface area contributed by atoms with Crippen LogP contribution in [0.15, 0.2) is 28.5 Å². The second-order valence-electron chi connectivity index (χ2n) is 6.43. The Morgan fingerprint density at radius 2 is 2.42 bits per heavy atom. The van der Waals surface area contributed by atoms with Gasteiger partial charge in [-0.1, -0.05) is 0 Å². The van der Waals surface area contributed by atoms with Gasteiger partial charge in [-0.05, 0) is 25.8 Å². The maximum atomic E-state index is 12.3. The van der Waals surface area contributed by atoms with Crippen LogP contribution in [0, 0.1) is 6.92 Å². The molecule has 1 aliphatic rings. The summed E-state index contributed by atoms with van der Waals surface area (Å²) < 4.78 is 5.09. The summed E-state index contributed by atoms with van der Waals surface area (Å²) in [7, 11) is 0. The maximum Gasteiger partial charge on any atom is 0.237 e. The van der Waals surface area contributed by atoms with E-state index in [1.807, 2.05) is 23.4 Å². The fourth-order valence-corrected chi connectivity index (χ4v) is 3.90. The number of carbonyl (C=O) groups excluding carboxylic acids is 2. The molecule has 140 valence electrons. The summed E-state index contributed by atoms with van der Waals surface area (Å²) in [5.41, 5.74) is 3.92. The van der Waals surface area contributed by atoms with Crippen LogP contribution in [0.25, 0.3) is 0 Å². The highest BCUT2D eigenvalue weighted by Crippen LogP contribution is 2.15. The summed E-state index contributed by atoms with van der Waals surface area (Å²) in [5, 5.41) is 5.78. The molecule has 0 saturated carbocycles. The number of thiazole rings is 1. The maximum absolute atomic E-state index is 12.3. The van der Waals surface area contributed by atoms with Gasteiger partial charge in [0.1, 0.15) is 0 Å². The zero-order valence-corrected chi connectivity index (χ0v) is 15.7. The fraction of sp³-hybridized carbons (Fsp3) is 0.500. The Labute approximate surface area is 156 Å². The number of amides is 2. The molecule has 2 N–H and O–H groups in total. The zero-order valence-electron chi connectivity index (χ0n) is 14.9. The summed E-state index contributed by atoms with van der Waals surface area (Å²) in [6.45, 7) is 4.53. The first-order chi connectivity index (χ1) is 12.6. The second kappa shape index (κ2) is 8.95. The minimum absolute atomic E-state index is 0.0878. The van der Waals surface area contributed by atoms with Crippen LogP contribution >= 0.6 is 11.3 Å². The molecule has 1 aliphatic heterocycles. The van der Waals surface area contributed by atoms with E-state index < -0.39 is 6.04 Å². The molecular formula is C18H24N4O3S. The number of piperazine rings is 1. The highest BCUT2D eigenvalue weighted by molar-refractivity contribution is 7.09. The van der Waals surface area contributed by atoms with E-state index in [9.17, 15) is 9.59 Å². The number of hydrogen-bond acceptors (Lipinski definition) is 6. The lowest BCUT2D eigenvalue weighted by Crippen LogP contribution is -2.56. The molecule has 1 saturated heterocycles.